The number of fused-ring (bicyclic) bond motifs is 2. The number of hydrogen-bond donors (Lipinski definition) is 3. The fourth-order valence-electron chi connectivity index (χ4n) is 5.09. The first-order chi connectivity index (χ1) is 19.2. The second-order valence-corrected chi connectivity index (χ2v) is 9.66. The number of aromatic amines is 2. The quantitative estimate of drug-likeness (QED) is 0.288. The standard InChI is InChI=1S/C29H25N9O/c39-29(18-7-3-1-4-8-18)33-20-11-19(13-30-14-20)22-12-21-23(16-32-22)36-37-26(21)28-34-24-15-31-17-25(27(24)35-28)38-9-5-2-6-10-38/h1,3-4,7-8,11-17H,2,5-6,9-10H2,(H,33,39)(H,34,35)(H,36,37). The molecule has 192 valence electrons. The van der Waals surface area contributed by atoms with Crippen molar-refractivity contribution in [3.05, 3.63) is 79.0 Å². The van der Waals surface area contributed by atoms with Crippen LogP contribution in [0.5, 0.6) is 0 Å². The molecule has 39 heavy (non-hydrogen) atoms. The average Bonchev–Trinajstić information content (AvgIpc) is 3.62. The minimum atomic E-state index is -0.196. The number of rotatable bonds is 5. The number of benzene rings is 1. The monoisotopic (exact) mass is 515 g/mol. The van der Waals surface area contributed by atoms with Crippen molar-refractivity contribution < 1.29 is 4.79 Å². The number of piperidine rings is 1. The van der Waals surface area contributed by atoms with Gasteiger partial charge in [0.2, 0.25) is 0 Å². The highest BCUT2D eigenvalue weighted by Crippen LogP contribution is 2.32. The van der Waals surface area contributed by atoms with E-state index >= 15 is 0 Å². The van der Waals surface area contributed by atoms with E-state index in [1.165, 1.54) is 19.3 Å². The predicted octanol–water partition coefficient (Wildman–Crippen LogP) is 5.20. The van der Waals surface area contributed by atoms with Crippen LogP contribution in [0.3, 0.4) is 0 Å². The molecule has 1 aliphatic heterocycles. The number of carbonyl (C=O) groups is 1. The van der Waals surface area contributed by atoms with E-state index in [1.807, 2.05) is 42.7 Å². The molecule has 6 aromatic rings. The summed E-state index contributed by atoms with van der Waals surface area (Å²) in [5, 5.41) is 11.4. The van der Waals surface area contributed by atoms with Crippen molar-refractivity contribution >= 4 is 39.2 Å². The second kappa shape index (κ2) is 9.64. The van der Waals surface area contributed by atoms with Crippen LogP contribution < -0.4 is 10.2 Å². The van der Waals surface area contributed by atoms with Gasteiger partial charge in [-0.1, -0.05) is 18.2 Å². The SMILES string of the molecule is O=C(Nc1cncc(-c2cc3c(-c4nc5c(N6CCCCC6)cncc5[nH]4)n[nH]c3cn2)c1)c1ccccc1. The molecule has 7 rings (SSSR count). The Morgan fingerprint density at radius 3 is 2.62 bits per heavy atom. The third-order valence-corrected chi connectivity index (χ3v) is 7.07. The Hall–Kier alpha value is -5.12. The van der Waals surface area contributed by atoms with Crippen molar-refractivity contribution in [3.63, 3.8) is 0 Å². The Bertz CT molecular complexity index is 1800. The van der Waals surface area contributed by atoms with Crippen LogP contribution in [0.1, 0.15) is 29.6 Å². The largest absolute Gasteiger partial charge is 0.368 e. The average molecular weight is 516 g/mol. The number of nitrogens with zero attached hydrogens (tertiary/aromatic N) is 6. The summed E-state index contributed by atoms with van der Waals surface area (Å²) in [6, 6.07) is 12.9. The lowest BCUT2D eigenvalue weighted by molar-refractivity contribution is 0.102. The van der Waals surface area contributed by atoms with Crippen LogP contribution in [-0.2, 0) is 0 Å². The van der Waals surface area contributed by atoms with E-state index in [0.717, 1.165) is 46.3 Å². The summed E-state index contributed by atoms with van der Waals surface area (Å²) in [4.78, 5) is 36.8. The molecule has 0 unspecified atom stereocenters. The van der Waals surface area contributed by atoms with Gasteiger partial charge in [-0.3, -0.25) is 24.8 Å². The molecule has 0 aliphatic carbocycles. The highest BCUT2D eigenvalue weighted by molar-refractivity contribution is 6.04. The van der Waals surface area contributed by atoms with Gasteiger partial charge in [-0.05, 0) is 43.5 Å². The normalized spacial score (nSPS) is 13.7. The first-order valence-electron chi connectivity index (χ1n) is 13.0. The first-order valence-corrected chi connectivity index (χ1v) is 13.0. The van der Waals surface area contributed by atoms with Gasteiger partial charge in [0.15, 0.2) is 5.82 Å². The van der Waals surface area contributed by atoms with Gasteiger partial charge in [0.1, 0.15) is 11.2 Å². The summed E-state index contributed by atoms with van der Waals surface area (Å²) < 4.78 is 0. The van der Waals surface area contributed by atoms with Crippen molar-refractivity contribution in [3.8, 4) is 22.8 Å². The number of pyridine rings is 3. The van der Waals surface area contributed by atoms with Crippen LogP contribution in [0, 0.1) is 0 Å². The number of carbonyl (C=O) groups excluding carboxylic acids is 1. The molecule has 0 saturated carbocycles. The predicted molar refractivity (Wildman–Crippen MR) is 150 cm³/mol. The van der Waals surface area contributed by atoms with Gasteiger partial charge in [-0.25, -0.2) is 4.98 Å². The van der Waals surface area contributed by atoms with Crippen molar-refractivity contribution in [1.82, 2.24) is 35.1 Å². The van der Waals surface area contributed by atoms with E-state index in [1.54, 1.807) is 30.7 Å². The maximum Gasteiger partial charge on any atom is 0.255 e. The molecular weight excluding hydrogens is 490 g/mol. The van der Waals surface area contributed by atoms with E-state index in [0.29, 0.717) is 28.5 Å². The number of H-pyrrole nitrogens is 2. The summed E-state index contributed by atoms with van der Waals surface area (Å²) in [5.74, 6) is 0.472. The summed E-state index contributed by atoms with van der Waals surface area (Å²) in [6.45, 7) is 2.03. The minimum absolute atomic E-state index is 0.196. The van der Waals surface area contributed by atoms with Gasteiger partial charge in [0, 0.05) is 35.8 Å². The lowest BCUT2D eigenvalue weighted by Gasteiger charge is -2.28. The second-order valence-electron chi connectivity index (χ2n) is 9.66. The van der Waals surface area contributed by atoms with Crippen molar-refractivity contribution in [2.24, 2.45) is 0 Å². The lowest BCUT2D eigenvalue weighted by atomic mass is 10.1. The molecule has 0 spiro atoms. The van der Waals surface area contributed by atoms with Crippen LogP contribution in [0.25, 0.3) is 44.7 Å². The molecule has 0 radical (unpaired) electrons. The van der Waals surface area contributed by atoms with Gasteiger partial charge in [-0.15, -0.1) is 0 Å². The molecule has 0 atom stereocenters. The molecule has 1 aromatic carbocycles. The van der Waals surface area contributed by atoms with E-state index in [9.17, 15) is 4.79 Å². The lowest BCUT2D eigenvalue weighted by Crippen LogP contribution is -2.29. The molecule has 5 aromatic heterocycles. The topological polar surface area (TPSA) is 128 Å². The van der Waals surface area contributed by atoms with Crippen LogP contribution >= 0.6 is 0 Å². The summed E-state index contributed by atoms with van der Waals surface area (Å²) in [5.41, 5.74) is 6.98. The molecule has 10 nitrogen and oxygen atoms in total. The summed E-state index contributed by atoms with van der Waals surface area (Å²) in [7, 11) is 0. The van der Waals surface area contributed by atoms with Gasteiger partial charge >= 0.3 is 0 Å². The molecule has 3 N–H and O–H groups in total. The number of anilines is 2. The fraction of sp³-hybridized carbons (Fsp3) is 0.172. The van der Waals surface area contributed by atoms with Crippen molar-refractivity contribution in [1.29, 1.82) is 0 Å². The molecular formula is C29H25N9O. The number of amides is 1. The van der Waals surface area contributed by atoms with E-state index in [4.69, 9.17) is 4.98 Å². The van der Waals surface area contributed by atoms with Gasteiger partial charge in [0.05, 0.1) is 52.9 Å². The molecule has 0 bridgehead atoms. The molecule has 10 heteroatoms. The van der Waals surface area contributed by atoms with Crippen LogP contribution in [0.15, 0.2) is 73.4 Å². The fourth-order valence-corrected chi connectivity index (χ4v) is 5.09. The summed E-state index contributed by atoms with van der Waals surface area (Å²) in [6.07, 6.45) is 12.4. The van der Waals surface area contributed by atoms with Gasteiger partial charge in [0.25, 0.3) is 5.91 Å². The number of nitrogens with one attached hydrogen (secondary N) is 3. The third-order valence-electron chi connectivity index (χ3n) is 7.07. The number of imidazole rings is 1. The zero-order chi connectivity index (χ0) is 26.2. The Labute approximate surface area is 223 Å². The number of aromatic nitrogens is 7. The Kier molecular flexibility index (Phi) is 5.69. The molecule has 1 fully saturated rings. The molecule has 1 aliphatic rings. The Morgan fingerprint density at radius 1 is 0.897 bits per heavy atom. The Balaban J connectivity index is 1.22. The third kappa shape index (κ3) is 4.35. The van der Waals surface area contributed by atoms with Crippen LogP contribution in [-0.4, -0.2) is 54.1 Å². The molecule has 1 amide bonds. The maximum absolute atomic E-state index is 12.6. The molecule has 6 heterocycles. The highest BCUT2D eigenvalue weighted by Gasteiger charge is 2.19. The van der Waals surface area contributed by atoms with Gasteiger partial charge < -0.3 is 15.2 Å². The van der Waals surface area contributed by atoms with Crippen LogP contribution in [0.4, 0.5) is 11.4 Å². The van der Waals surface area contributed by atoms with E-state index in [2.05, 4.69) is 40.3 Å². The summed E-state index contributed by atoms with van der Waals surface area (Å²) >= 11 is 0. The zero-order valence-corrected chi connectivity index (χ0v) is 21.1. The van der Waals surface area contributed by atoms with Crippen molar-refractivity contribution in [2.45, 2.75) is 19.3 Å². The smallest absolute Gasteiger partial charge is 0.255 e. The molecule has 1 saturated heterocycles. The van der Waals surface area contributed by atoms with E-state index < -0.39 is 0 Å². The van der Waals surface area contributed by atoms with Gasteiger partial charge in [-0.2, -0.15) is 5.10 Å². The maximum atomic E-state index is 12.6. The zero-order valence-electron chi connectivity index (χ0n) is 21.1. The van der Waals surface area contributed by atoms with Crippen molar-refractivity contribution in [2.75, 3.05) is 23.3 Å². The van der Waals surface area contributed by atoms with Crippen LogP contribution in [0.2, 0.25) is 0 Å². The van der Waals surface area contributed by atoms with E-state index in [-0.39, 0.29) is 5.91 Å². The Morgan fingerprint density at radius 2 is 1.74 bits per heavy atom. The highest BCUT2D eigenvalue weighted by atomic mass is 16.1. The first kappa shape index (κ1) is 23.0. The number of hydrogen-bond acceptors (Lipinski definition) is 7. The minimum Gasteiger partial charge on any atom is -0.368 e.